The summed E-state index contributed by atoms with van der Waals surface area (Å²) in [5, 5.41) is 8.48. The van der Waals surface area contributed by atoms with Crippen molar-refractivity contribution in [2.45, 2.75) is 18.9 Å². The number of methoxy groups -OCH3 is 1. The van der Waals surface area contributed by atoms with Crippen LogP contribution in [0.25, 0.3) is 0 Å². The van der Waals surface area contributed by atoms with E-state index in [1.807, 2.05) is 0 Å². The Bertz CT molecular complexity index is 361. The molecule has 0 bridgehead atoms. The Morgan fingerprint density at radius 3 is 2.50 bits per heavy atom. The Kier molecular flexibility index (Phi) is 6.00. The number of hydrogen-bond donors (Lipinski definition) is 1. The zero-order chi connectivity index (χ0) is 13.6. The van der Waals surface area contributed by atoms with Crippen molar-refractivity contribution in [3.8, 4) is 0 Å². The van der Waals surface area contributed by atoms with Crippen molar-refractivity contribution in [1.82, 2.24) is 4.31 Å². The highest BCUT2D eigenvalue weighted by Gasteiger charge is 2.28. The topological polar surface area (TPSA) is 93.1 Å². The normalized spacial score (nSPS) is 18.9. The van der Waals surface area contributed by atoms with Crippen molar-refractivity contribution in [2.75, 3.05) is 39.2 Å². The fraction of sp³-hybridized carbons (Fsp3) is 0.900. The van der Waals surface area contributed by atoms with E-state index < -0.39 is 16.0 Å². The molecule has 1 aliphatic heterocycles. The molecule has 0 spiro atoms. The molecule has 1 heterocycles. The number of ether oxygens (including phenoxy) is 2. The predicted octanol–water partition coefficient (Wildman–Crippen LogP) is -0.472. The molecule has 1 N–H and O–H groups in total. The molecule has 106 valence electrons. The van der Waals surface area contributed by atoms with Crippen molar-refractivity contribution in [3.05, 3.63) is 0 Å². The van der Waals surface area contributed by atoms with Gasteiger partial charge in [-0.25, -0.2) is 17.5 Å². The Labute approximate surface area is 107 Å². The highest BCUT2D eigenvalue weighted by molar-refractivity contribution is 7.89. The van der Waals surface area contributed by atoms with Gasteiger partial charge in [-0.3, -0.25) is 0 Å². The first-order chi connectivity index (χ1) is 8.45. The van der Waals surface area contributed by atoms with Gasteiger partial charge in [0.05, 0.1) is 18.5 Å². The molecule has 1 saturated heterocycles. The molecule has 1 fully saturated rings. The third-order valence-corrected chi connectivity index (χ3v) is 4.62. The number of aliphatic carboxylic acids is 1. The molecule has 0 aromatic heterocycles. The van der Waals surface area contributed by atoms with E-state index in [-0.39, 0.29) is 25.1 Å². The largest absolute Gasteiger partial charge is 0.480 e. The van der Waals surface area contributed by atoms with Crippen LogP contribution in [-0.2, 0) is 24.3 Å². The summed E-state index contributed by atoms with van der Waals surface area (Å²) in [6, 6.07) is 0. The van der Waals surface area contributed by atoms with Crippen LogP contribution in [0.15, 0.2) is 0 Å². The van der Waals surface area contributed by atoms with Gasteiger partial charge in [-0.2, -0.15) is 0 Å². The lowest BCUT2D eigenvalue weighted by Gasteiger charge is -2.30. The van der Waals surface area contributed by atoms with Crippen molar-refractivity contribution < 1.29 is 27.8 Å². The Balaban J connectivity index is 2.36. The maximum atomic E-state index is 11.8. The van der Waals surface area contributed by atoms with Crippen LogP contribution in [0.2, 0.25) is 0 Å². The first-order valence-electron chi connectivity index (χ1n) is 5.76. The van der Waals surface area contributed by atoms with E-state index in [9.17, 15) is 13.2 Å². The number of carbonyl (C=O) groups is 1. The van der Waals surface area contributed by atoms with E-state index in [0.29, 0.717) is 25.9 Å². The van der Waals surface area contributed by atoms with Crippen LogP contribution in [0, 0.1) is 0 Å². The van der Waals surface area contributed by atoms with Crippen LogP contribution in [0.3, 0.4) is 0 Å². The highest BCUT2D eigenvalue weighted by Crippen LogP contribution is 2.16. The number of sulfonamides is 1. The quantitative estimate of drug-likeness (QED) is 0.678. The van der Waals surface area contributed by atoms with Crippen LogP contribution in [0.1, 0.15) is 12.8 Å². The molecule has 0 aromatic rings. The molecule has 0 saturated carbocycles. The van der Waals surface area contributed by atoms with Gasteiger partial charge in [0.25, 0.3) is 0 Å². The van der Waals surface area contributed by atoms with E-state index in [2.05, 4.69) is 0 Å². The lowest BCUT2D eigenvalue weighted by Crippen LogP contribution is -2.42. The number of nitrogens with zero attached hydrogens (tertiary/aromatic N) is 1. The molecule has 0 unspecified atom stereocenters. The second-order valence-corrected chi connectivity index (χ2v) is 6.20. The first kappa shape index (κ1) is 15.4. The van der Waals surface area contributed by atoms with Gasteiger partial charge in [-0.1, -0.05) is 0 Å². The number of piperidine rings is 1. The Morgan fingerprint density at radius 2 is 2.00 bits per heavy atom. The molecular weight excluding hydrogens is 262 g/mol. The summed E-state index contributed by atoms with van der Waals surface area (Å²) >= 11 is 0. The zero-order valence-corrected chi connectivity index (χ0v) is 11.2. The van der Waals surface area contributed by atoms with Gasteiger partial charge in [-0.15, -0.1) is 0 Å². The standard InChI is InChI=1S/C10H19NO6S/c1-16-6-7-18(14,15)11-4-2-9(3-5-11)17-8-10(12)13/h9H,2-8H2,1H3,(H,12,13). The molecule has 0 aliphatic carbocycles. The summed E-state index contributed by atoms with van der Waals surface area (Å²) in [5.74, 6) is -1.03. The van der Waals surface area contributed by atoms with Crippen LogP contribution >= 0.6 is 0 Å². The minimum Gasteiger partial charge on any atom is -0.480 e. The summed E-state index contributed by atoms with van der Waals surface area (Å²) in [6.45, 7) is 0.589. The monoisotopic (exact) mass is 281 g/mol. The molecule has 1 aliphatic rings. The lowest BCUT2D eigenvalue weighted by molar-refractivity contribution is -0.145. The molecule has 1 rings (SSSR count). The Hall–Kier alpha value is -0.700. The van der Waals surface area contributed by atoms with E-state index in [4.69, 9.17) is 14.6 Å². The van der Waals surface area contributed by atoms with E-state index in [1.54, 1.807) is 0 Å². The van der Waals surface area contributed by atoms with Gasteiger partial charge in [0.2, 0.25) is 10.0 Å². The number of hydrogen-bond acceptors (Lipinski definition) is 5. The van der Waals surface area contributed by atoms with Gasteiger partial charge in [0.1, 0.15) is 6.61 Å². The van der Waals surface area contributed by atoms with Gasteiger partial charge in [0.15, 0.2) is 0 Å². The second-order valence-electron chi connectivity index (χ2n) is 4.11. The molecule has 0 amide bonds. The number of rotatable bonds is 7. The van der Waals surface area contributed by atoms with Crippen molar-refractivity contribution >= 4 is 16.0 Å². The SMILES string of the molecule is COCCS(=O)(=O)N1CCC(OCC(=O)O)CC1. The van der Waals surface area contributed by atoms with Crippen LogP contribution in [0.4, 0.5) is 0 Å². The fourth-order valence-corrected chi connectivity index (χ4v) is 3.19. The van der Waals surface area contributed by atoms with Gasteiger partial charge >= 0.3 is 5.97 Å². The number of carboxylic acid groups (broad SMARTS) is 1. The zero-order valence-electron chi connectivity index (χ0n) is 10.4. The second kappa shape index (κ2) is 7.03. The van der Waals surface area contributed by atoms with E-state index in [1.165, 1.54) is 11.4 Å². The average molecular weight is 281 g/mol. The van der Waals surface area contributed by atoms with E-state index in [0.717, 1.165) is 0 Å². The number of carboxylic acids is 1. The summed E-state index contributed by atoms with van der Waals surface area (Å²) in [4.78, 5) is 10.3. The summed E-state index contributed by atoms with van der Waals surface area (Å²) in [5.41, 5.74) is 0. The first-order valence-corrected chi connectivity index (χ1v) is 7.37. The third-order valence-electron chi connectivity index (χ3n) is 2.78. The van der Waals surface area contributed by atoms with E-state index >= 15 is 0 Å². The van der Waals surface area contributed by atoms with Crippen LogP contribution < -0.4 is 0 Å². The van der Waals surface area contributed by atoms with Gasteiger partial charge in [-0.05, 0) is 12.8 Å². The lowest BCUT2D eigenvalue weighted by atomic mass is 10.1. The molecule has 8 heteroatoms. The minimum absolute atomic E-state index is 0.0237. The minimum atomic E-state index is -3.26. The molecule has 0 aromatic carbocycles. The van der Waals surface area contributed by atoms with Crippen molar-refractivity contribution in [2.24, 2.45) is 0 Å². The molecular formula is C10H19NO6S. The van der Waals surface area contributed by atoms with Crippen molar-refractivity contribution in [3.63, 3.8) is 0 Å². The fourth-order valence-electron chi connectivity index (χ4n) is 1.78. The van der Waals surface area contributed by atoms with Gasteiger partial charge in [0, 0.05) is 20.2 Å². The maximum Gasteiger partial charge on any atom is 0.329 e. The third kappa shape index (κ3) is 4.89. The highest BCUT2D eigenvalue weighted by atomic mass is 32.2. The maximum absolute atomic E-state index is 11.8. The smallest absolute Gasteiger partial charge is 0.329 e. The Morgan fingerprint density at radius 1 is 1.39 bits per heavy atom. The summed E-state index contributed by atoms with van der Waals surface area (Å²) in [6.07, 6.45) is 0.883. The summed E-state index contributed by atoms with van der Waals surface area (Å²) in [7, 11) is -1.80. The molecule has 0 radical (unpaired) electrons. The molecule has 18 heavy (non-hydrogen) atoms. The molecule has 7 nitrogen and oxygen atoms in total. The predicted molar refractivity (Wildman–Crippen MR) is 63.8 cm³/mol. The molecule has 0 atom stereocenters. The average Bonchev–Trinajstić information content (AvgIpc) is 2.34. The van der Waals surface area contributed by atoms with Crippen LogP contribution in [-0.4, -0.2) is 69.1 Å². The van der Waals surface area contributed by atoms with Crippen LogP contribution in [0.5, 0.6) is 0 Å². The summed E-state index contributed by atoms with van der Waals surface area (Å²) < 4.78 is 35.0. The van der Waals surface area contributed by atoms with Crippen molar-refractivity contribution in [1.29, 1.82) is 0 Å². The van der Waals surface area contributed by atoms with Gasteiger partial charge < -0.3 is 14.6 Å².